The third-order valence-corrected chi connectivity index (χ3v) is 3.44. The number of carbonyl (C=O) groups is 2. The average Bonchev–Trinajstić information content (AvgIpc) is 2.63. The lowest BCUT2D eigenvalue weighted by Crippen LogP contribution is -2.09. The van der Waals surface area contributed by atoms with E-state index in [9.17, 15) is 14.0 Å². The van der Waals surface area contributed by atoms with Gasteiger partial charge in [-0.25, -0.2) is 9.18 Å². The van der Waals surface area contributed by atoms with Gasteiger partial charge in [0.1, 0.15) is 11.6 Å². The molecular weight excluding hydrogens is 307 g/mol. The van der Waals surface area contributed by atoms with E-state index >= 15 is 0 Å². The second-order valence-corrected chi connectivity index (χ2v) is 5.09. The number of ether oxygens (including phenoxy) is 1. The van der Waals surface area contributed by atoms with E-state index in [1.807, 2.05) is 0 Å². The average molecular weight is 320 g/mol. The van der Waals surface area contributed by atoms with Gasteiger partial charge in [0.25, 0.3) is 0 Å². The molecule has 0 aliphatic carbocycles. The van der Waals surface area contributed by atoms with Crippen LogP contribution in [0.2, 0.25) is 0 Å². The van der Waals surface area contributed by atoms with Gasteiger partial charge in [-0.3, -0.25) is 4.79 Å². The molecule has 0 saturated heterocycles. The molecule has 0 atom stereocenters. The second-order valence-electron chi connectivity index (χ2n) is 5.09. The van der Waals surface area contributed by atoms with Crippen molar-refractivity contribution in [2.45, 2.75) is 0 Å². The van der Waals surface area contributed by atoms with Crippen molar-refractivity contribution in [3.8, 4) is 5.75 Å². The summed E-state index contributed by atoms with van der Waals surface area (Å²) in [7, 11) is 0. The highest BCUT2D eigenvalue weighted by Gasteiger charge is 2.16. The maximum Gasteiger partial charge on any atom is 0.343 e. The topological polar surface area (TPSA) is 43.4 Å². The number of hydrogen-bond acceptors (Lipinski definition) is 3. The normalized spacial score (nSPS) is 10.2. The van der Waals surface area contributed by atoms with Gasteiger partial charge in [-0.05, 0) is 24.3 Å². The Balaban J connectivity index is 1.80. The molecule has 0 fully saturated rings. The Labute approximate surface area is 138 Å². The molecule has 0 aliphatic heterocycles. The highest BCUT2D eigenvalue weighted by atomic mass is 19.1. The van der Waals surface area contributed by atoms with Gasteiger partial charge < -0.3 is 4.74 Å². The van der Waals surface area contributed by atoms with E-state index in [1.165, 1.54) is 12.1 Å². The van der Waals surface area contributed by atoms with Crippen molar-refractivity contribution in [2.75, 3.05) is 0 Å². The van der Waals surface area contributed by atoms with Crippen molar-refractivity contribution in [1.29, 1.82) is 0 Å². The molecule has 3 aromatic rings. The minimum Gasteiger partial charge on any atom is -0.423 e. The number of ketones is 1. The summed E-state index contributed by atoms with van der Waals surface area (Å²) in [6.07, 6.45) is 0. The zero-order chi connectivity index (χ0) is 16.9. The third-order valence-electron chi connectivity index (χ3n) is 3.44. The minimum atomic E-state index is -0.734. The monoisotopic (exact) mass is 320 g/mol. The number of hydrogen-bond donors (Lipinski definition) is 0. The van der Waals surface area contributed by atoms with Crippen LogP contribution >= 0.6 is 0 Å². The molecule has 3 aromatic carbocycles. The number of rotatable bonds is 4. The molecule has 0 radical (unpaired) electrons. The molecule has 0 saturated carbocycles. The van der Waals surface area contributed by atoms with E-state index in [1.54, 1.807) is 60.7 Å². The van der Waals surface area contributed by atoms with E-state index in [0.717, 1.165) is 6.07 Å². The molecular formula is C20H13FO3. The van der Waals surface area contributed by atoms with Crippen molar-refractivity contribution >= 4 is 11.8 Å². The molecule has 0 heterocycles. The van der Waals surface area contributed by atoms with Gasteiger partial charge in [0.05, 0.1) is 11.1 Å². The maximum absolute atomic E-state index is 14.2. The Bertz CT molecular complexity index is 874. The molecule has 118 valence electrons. The van der Waals surface area contributed by atoms with Crippen LogP contribution in [0.4, 0.5) is 4.39 Å². The summed E-state index contributed by atoms with van der Waals surface area (Å²) in [5, 5.41) is 0. The Kier molecular flexibility index (Phi) is 4.47. The van der Waals surface area contributed by atoms with Crippen LogP contribution < -0.4 is 4.74 Å². The molecule has 0 amide bonds. The van der Waals surface area contributed by atoms with Crippen molar-refractivity contribution in [3.05, 3.63) is 101 Å². The van der Waals surface area contributed by atoms with E-state index in [-0.39, 0.29) is 11.3 Å². The smallest absolute Gasteiger partial charge is 0.343 e. The van der Waals surface area contributed by atoms with E-state index in [4.69, 9.17) is 4.74 Å². The van der Waals surface area contributed by atoms with Crippen LogP contribution in [-0.2, 0) is 0 Å². The van der Waals surface area contributed by atoms with Gasteiger partial charge in [0.2, 0.25) is 0 Å². The number of esters is 1. The lowest BCUT2D eigenvalue weighted by Gasteiger charge is -2.07. The van der Waals surface area contributed by atoms with Crippen molar-refractivity contribution < 1.29 is 18.7 Å². The zero-order valence-electron chi connectivity index (χ0n) is 12.6. The van der Waals surface area contributed by atoms with Gasteiger partial charge in [0, 0.05) is 11.6 Å². The lowest BCUT2D eigenvalue weighted by atomic mass is 10.0. The lowest BCUT2D eigenvalue weighted by molar-refractivity contribution is 0.0734. The Morgan fingerprint density at radius 3 is 1.92 bits per heavy atom. The number of halogens is 1. The first kappa shape index (κ1) is 15.6. The predicted molar refractivity (Wildman–Crippen MR) is 87.7 cm³/mol. The zero-order valence-corrected chi connectivity index (χ0v) is 12.6. The molecule has 0 spiro atoms. The van der Waals surface area contributed by atoms with Crippen LogP contribution in [0.25, 0.3) is 0 Å². The molecule has 0 bridgehead atoms. The first-order chi connectivity index (χ1) is 11.6. The van der Waals surface area contributed by atoms with Crippen LogP contribution in [0, 0.1) is 5.82 Å². The minimum absolute atomic E-state index is 0.0472. The summed E-state index contributed by atoms with van der Waals surface area (Å²) < 4.78 is 19.4. The first-order valence-electron chi connectivity index (χ1n) is 7.31. The van der Waals surface area contributed by atoms with Crippen LogP contribution in [0.1, 0.15) is 26.3 Å². The van der Waals surface area contributed by atoms with Crippen LogP contribution in [0.5, 0.6) is 5.75 Å². The summed E-state index contributed by atoms with van der Waals surface area (Å²) in [5.41, 5.74) is 0.688. The van der Waals surface area contributed by atoms with Gasteiger partial charge >= 0.3 is 5.97 Å². The first-order valence-corrected chi connectivity index (χ1v) is 7.31. The Morgan fingerprint density at radius 2 is 1.33 bits per heavy atom. The van der Waals surface area contributed by atoms with Gasteiger partial charge in [0.15, 0.2) is 5.78 Å². The standard InChI is InChI=1S/C20H13FO3/c21-18-13-16(24-20(23)15-9-5-2-6-10-15)11-12-17(18)19(22)14-7-3-1-4-8-14/h1-13H. The summed E-state index contributed by atoms with van der Waals surface area (Å²) in [4.78, 5) is 24.2. The second kappa shape index (κ2) is 6.87. The molecule has 0 aliphatic rings. The largest absolute Gasteiger partial charge is 0.423 e. The molecule has 0 aromatic heterocycles. The molecule has 0 N–H and O–H groups in total. The third kappa shape index (κ3) is 3.38. The quantitative estimate of drug-likeness (QED) is 0.409. The van der Waals surface area contributed by atoms with Gasteiger partial charge in [-0.2, -0.15) is 0 Å². The SMILES string of the molecule is O=C(Oc1ccc(C(=O)c2ccccc2)c(F)c1)c1ccccc1. The molecule has 4 heteroatoms. The number of benzene rings is 3. The summed E-state index contributed by atoms with van der Waals surface area (Å²) in [5.74, 6) is -1.70. The molecule has 24 heavy (non-hydrogen) atoms. The van der Waals surface area contributed by atoms with Crippen molar-refractivity contribution in [1.82, 2.24) is 0 Å². The van der Waals surface area contributed by atoms with E-state index in [2.05, 4.69) is 0 Å². The number of carbonyl (C=O) groups excluding carboxylic acids is 2. The molecule has 3 nitrogen and oxygen atoms in total. The Hall–Kier alpha value is -3.27. The fourth-order valence-corrected chi connectivity index (χ4v) is 2.23. The van der Waals surface area contributed by atoms with Gasteiger partial charge in [-0.1, -0.05) is 48.5 Å². The summed E-state index contributed by atoms with van der Waals surface area (Å²) in [6.45, 7) is 0. The fraction of sp³-hybridized carbons (Fsp3) is 0. The van der Waals surface area contributed by atoms with E-state index in [0.29, 0.717) is 11.1 Å². The molecule has 3 rings (SSSR count). The van der Waals surface area contributed by atoms with Gasteiger partial charge in [-0.15, -0.1) is 0 Å². The van der Waals surface area contributed by atoms with Crippen LogP contribution in [-0.4, -0.2) is 11.8 Å². The van der Waals surface area contributed by atoms with Crippen molar-refractivity contribution in [3.63, 3.8) is 0 Å². The van der Waals surface area contributed by atoms with E-state index < -0.39 is 17.6 Å². The van der Waals surface area contributed by atoms with Crippen LogP contribution in [0.15, 0.2) is 78.9 Å². The van der Waals surface area contributed by atoms with Crippen molar-refractivity contribution in [2.24, 2.45) is 0 Å². The highest BCUT2D eigenvalue weighted by molar-refractivity contribution is 6.09. The highest BCUT2D eigenvalue weighted by Crippen LogP contribution is 2.20. The summed E-state index contributed by atoms with van der Waals surface area (Å²) in [6, 6.07) is 20.6. The predicted octanol–water partition coefficient (Wildman–Crippen LogP) is 4.28. The summed E-state index contributed by atoms with van der Waals surface area (Å²) >= 11 is 0. The molecule has 0 unspecified atom stereocenters. The maximum atomic E-state index is 14.2. The Morgan fingerprint density at radius 1 is 0.750 bits per heavy atom. The fourth-order valence-electron chi connectivity index (χ4n) is 2.23. The van der Waals surface area contributed by atoms with Crippen LogP contribution in [0.3, 0.4) is 0 Å².